The summed E-state index contributed by atoms with van der Waals surface area (Å²) >= 11 is 0. The van der Waals surface area contributed by atoms with Crippen molar-refractivity contribution in [2.75, 3.05) is 18.6 Å². The molecular weight excluding hydrogens is 160 g/mol. The van der Waals surface area contributed by atoms with Crippen LogP contribution in [0.5, 0.6) is 5.88 Å². The monoisotopic (exact) mass is 170 g/mol. The Labute approximate surface area is 69.4 Å². The molecule has 1 heterocycles. The van der Waals surface area contributed by atoms with Crippen LogP contribution in [0.1, 0.15) is 0 Å². The average Bonchev–Trinajstić information content (AvgIpc) is 2.15. The largest absolute Gasteiger partial charge is 0.474 e. The summed E-state index contributed by atoms with van der Waals surface area (Å²) in [5.41, 5.74) is 2.33. The molecule has 0 aliphatic carbocycles. The lowest BCUT2D eigenvalue weighted by atomic mass is 10.6. The number of rotatable bonds is 4. The first-order chi connectivity index (χ1) is 5.86. The number of nitrogens with zero attached hydrogens (tertiary/aromatic N) is 2. The molecule has 0 saturated carbocycles. The molecular formula is C6H10N4O2. The van der Waals surface area contributed by atoms with E-state index in [1.807, 2.05) is 0 Å². The molecule has 0 bridgehead atoms. The van der Waals surface area contributed by atoms with Gasteiger partial charge >= 0.3 is 0 Å². The van der Waals surface area contributed by atoms with Crippen LogP contribution in [0.2, 0.25) is 0 Å². The molecule has 0 saturated heterocycles. The van der Waals surface area contributed by atoms with Crippen molar-refractivity contribution in [1.82, 2.24) is 9.97 Å². The topological polar surface area (TPSA) is 93.3 Å². The van der Waals surface area contributed by atoms with Crippen molar-refractivity contribution in [3.05, 3.63) is 12.4 Å². The van der Waals surface area contributed by atoms with Crippen molar-refractivity contribution in [2.45, 2.75) is 0 Å². The minimum absolute atomic E-state index is 0.0536. The molecule has 0 amide bonds. The molecule has 1 aromatic heterocycles. The summed E-state index contributed by atoms with van der Waals surface area (Å²) in [5, 5.41) is 8.44. The molecule has 0 aliphatic rings. The van der Waals surface area contributed by atoms with E-state index >= 15 is 0 Å². The molecule has 4 N–H and O–H groups in total. The van der Waals surface area contributed by atoms with Gasteiger partial charge in [0.25, 0.3) is 0 Å². The van der Waals surface area contributed by atoms with Crippen molar-refractivity contribution < 1.29 is 9.84 Å². The van der Waals surface area contributed by atoms with Gasteiger partial charge in [-0.15, -0.1) is 0 Å². The van der Waals surface area contributed by atoms with Crippen LogP contribution >= 0.6 is 0 Å². The number of nitrogen functional groups attached to an aromatic ring is 1. The molecule has 6 heteroatoms. The Balaban J connectivity index is 2.60. The quantitative estimate of drug-likeness (QED) is 0.402. The standard InChI is InChI=1S/C6H10N4O2/c7-10-5-3-8-4-6(9-5)12-2-1-11/h3-4,11H,1-2,7H2,(H,9,10). The third kappa shape index (κ3) is 2.33. The highest BCUT2D eigenvalue weighted by molar-refractivity contribution is 5.31. The maximum atomic E-state index is 8.44. The van der Waals surface area contributed by atoms with Crippen LogP contribution in [0.15, 0.2) is 12.4 Å². The van der Waals surface area contributed by atoms with Crippen molar-refractivity contribution >= 4 is 5.82 Å². The van der Waals surface area contributed by atoms with Gasteiger partial charge in [0.05, 0.1) is 19.0 Å². The van der Waals surface area contributed by atoms with Crippen LogP contribution in [0, 0.1) is 0 Å². The van der Waals surface area contributed by atoms with Gasteiger partial charge in [-0.1, -0.05) is 0 Å². The number of hydrogen-bond donors (Lipinski definition) is 3. The highest BCUT2D eigenvalue weighted by atomic mass is 16.5. The van der Waals surface area contributed by atoms with Gasteiger partial charge in [-0.25, -0.2) is 5.84 Å². The third-order valence-corrected chi connectivity index (χ3v) is 1.10. The van der Waals surface area contributed by atoms with Gasteiger partial charge in [-0.2, -0.15) is 4.98 Å². The SMILES string of the molecule is NNc1cncc(OCCO)n1. The summed E-state index contributed by atoms with van der Waals surface area (Å²) < 4.78 is 4.98. The fraction of sp³-hybridized carbons (Fsp3) is 0.333. The van der Waals surface area contributed by atoms with E-state index in [4.69, 9.17) is 15.7 Å². The van der Waals surface area contributed by atoms with E-state index in [1.165, 1.54) is 12.4 Å². The average molecular weight is 170 g/mol. The fourth-order valence-electron chi connectivity index (χ4n) is 0.637. The van der Waals surface area contributed by atoms with Gasteiger partial charge < -0.3 is 15.3 Å². The number of aliphatic hydroxyl groups excluding tert-OH is 1. The van der Waals surface area contributed by atoms with Crippen LogP contribution in [0.3, 0.4) is 0 Å². The Hall–Kier alpha value is -1.40. The second kappa shape index (κ2) is 4.47. The molecule has 66 valence electrons. The van der Waals surface area contributed by atoms with E-state index in [-0.39, 0.29) is 13.2 Å². The van der Waals surface area contributed by atoms with E-state index in [0.29, 0.717) is 11.7 Å². The molecule has 1 aromatic rings. The zero-order valence-electron chi connectivity index (χ0n) is 6.40. The van der Waals surface area contributed by atoms with Gasteiger partial charge in [0, 0.05) is 0 Å². The molecule has 0 unspecified atom stereocenters. The van der Waals surface area contributed by atoms with Gasteiger partial charge in [0.15, 0.2) is 5.82 Å². The van der Waals surface area contributed by atoms with Crippen LogP contribution in [-0.2, 0) is 0 Å². The van der Waals surface area contributed by atoms with Crippen molar-refractivity contribution in [3.8, 4) is 5.88 Å². The van der Waals surface area contributed by atoms with Gasteiger partial charge in [0.1, 0.15) is 6.61 Å². The molecule has 0 atom stereocenters. The maximum Gasteiger partial charge on any atom is 0.234 e. The Bertz CT molecular complexity index is 243. The molecule has 0 radical (unpaired) electrons. The van der Waals surface area contributed by atoms with Gasteiger partial charge in [0.2, 0.25) is 5.88 Å². The van der Waals surface area contributed by atoms with E-state index in [9.17, 15) is 0 Å². The zero-order valence-corrected chi connectivity index (χ0v) is 6.40. The molecule has 0 spiro atoms. The highest BCUT2D eigenvalue weighted by Gasteiger charge is 1.96. The smallest absolute Gasteiger partial charge is 0.234 e. The van der Waals surface area contributed by atoms with Crippen molar-refractivity contribution in [1.29, 1.82) is 0 Å². The summed E-state index contributed by atoms with van der Waals surface area (Å²) in [6.45, 7) is 0.144. The predicted octanol–water partition coefficient (Wildman–Crippen LogP) is -0.867. The number of nitrogens with two attached hydrogens (primary N) is 1. The molecule has 0 aliphatic heterocycles. The lowest BCUT2D eigenvalue weighted by Gasteiger charge is -2.03. The van der Waals surface area contributed by atoms with Gasteiger partial charge in [-0.3, -0.25) is 4.98 Å². The molecule has 1 rings (SSSR count). The fourth-order valence-corrected chi connectivity index (χ4v) is 0.637. The Morgan fingerprint density at radius 2 is 2.42 bits per heavy atom. The second-order valence-electron chi connectivity index (χ2n) is 1.96. The number of ether oxygens (including phenoxy) is 1. The number of hydrogen-bond acceptors (Lipinski definition) is 6. The van der Waals surface area contributed by atoms with Crippen LogP contribution < -0.4 is 16.0 Å². The van der Waals surface area contributed by atoms with Gasteiger partial charge in [-0.05, 0) is 0 Å². The van der Waals surface area contributed by atoms with Crippen molar-refractivity contribution in [3.63, 3.8) is 0 Å². The second-order valence-corrected chi connectivity index (χ2v) is 1.96. The normalized spacial score (nSPS) is 9.50. The van der Waals surface area contributed by atoms with E-state index < -0.39 is 0 Å². The number of anilines is 1. The summed E-state index contributed by atoms with van der Waals surface area (Å²) in [6, 6.07) is 0. The Morgan fingerprint density at radius 3 is 3.08 bits per heavy atom. The molecule has 12 heavy (non-hydrogen) atoms. The lowest BCUT2D eigenvalue weighted by Crippen LogP contribution is -2.10. The highest BCUT2D eigenvalue weighted by Crippen LogP contribution is 2.06. The van der Waals surface area contributed by atoms with E-state index in [2.05, 4.69) is 15.4 Å². The van der Waals surface area contributed by atoms with Crippen LogP contribution in [-0.4, -0.2) is 28.3 Å². The zero-order chi connectivity index (χ0) is 8.81. The lowest BCUT2D eigenvalue weighted by molar-refractivity contribution is 0.196. The summed E-state index contributed by atoms with van der Waals surface area (Å²) in [7, 11) is 0. The van der Waals surface area contributed by atoms with Crippen LogP contribution in [0.4, 0.5) is 5.82 Å². The summed E-state index contributed by atoms with van der Waals surface area (Å²) in [6.07, 6.45) is 2.91. The molecule has 0 aromatic carbocycles. The summed E-state index contributed by atoms with van der Waals surface area (Å²) in [4.78, 5) is 7.69. The number of nitrogens with one attached hydrogen (secondary N) is 1. The Morgan fingerprint density at radius 1 is 1.58 bits per heavy atom. The molecule has 6 nitrogen and oxygen atoms in total. The third-order valence-electron chi connectivity index (χ3n) is 1.10. The first kappa shape index (κ1) is 8.69. The minimum atomic E-state index is -0.0536. The number of hydrazine groups is 1. The summed E-state index contributed by atoms with van der Waals surface area (Å²) in [5.74, 6) is 5.84. The first-order valence-corrected chi connectivity index (χ1v) is 3.39. The van der Waals surface area contributed by atoms with E-state index in [0.717, 1.165) is 0 Å². The minimum Gasteiger partial charge on any atom is -0.474 e. The maximum absolute atomic E-state index is 8.44. The number of aliphatic hydroxyl groups is 1. The first-order valence-electron chi connectivity index (χ1n) is 3.39. The predicted molar refractivity (Wildman–Crippen MR) is 42.4 cm³/mol. The van der Waals surface area contributed by atoms with E-state index in [1.54, 1.807) is 0 Å². The van der Waals surface area contributed by atoms with Crippen molar-refractivity contribution in [2.24, 2.45) is 5.84 Å². The van der Waals surface area contributed by atoms with Crippen LogP contribution in [0.25, 0.3) is 0 Å². The Kier molecular flexibility index (Phi) is 3.24. The number of aromatic nitrogens is 2. The molecule has 0 fully saturated rings.